The van der Waals surface area contributed by atoms with Crippen molar-refractivity contribution in [2.24, 2.45) is 0 Å². The van der Waals surface area contributed by atoms with E-state index in [0.29, 0.717) is 18.3 Å². The Hall–Kier alpha value is -2.02. The van der Waals surface area contributed by atoms with Crippen LogP contribution in [0.3, 0.4) is 0 Å². The summed E-state index contributed by atoms with van der Waals surface area (Å²) in [5.41, 5.74) is 0.551. The van der Waals surface area contributed by atoms with Gasteiger partial charge < -0.3 is 19.5 Å². The number of Topliss-reactive ketones (excluding diaryl/α,β-unsaturated/α-hetero) is 1. The molecule has 0 radical (unpaired) electrons. The summed E-state index contributed by atoms with van der Waals surface area (Å²) < 4.78 is 10.4. The molecule has 0 fully saturated rings. The first kappa shape index (κ1) is 13.4. The Balaban J connectivity index is 2.42. The highest BCUT2D eigenvalue weighted by Gasteiger charge is 2.30. The standard InChI is InChI=1S/C12H13BO6/c1-7(14)6-18-9-3-2-8-4-5-13(17)19-11(8)10(9)12(15)16/h2-3,17H,4-6H2,1H3,(H,15,16). The molecule has 1 aromatic carbocycles. The van der Waals surface area contributed by atoms with Crippen molar-refractivity contribution in [3.05, 3.63) is 23.3 Å². The molecule has 1 aliphatic rings. The molecule has 0 unspecified atom stereocenters. The fourth-order valence-corrected chi connectivity index (χ4v) is 1.92. The number of carbonyl (C=O) groups excluding carboxylic acids is 1. The molecule has 0 bridgehead atoms. The maximum atomic E-state index is 11.3. The average molecular weight is 264 g/mol. The molecule has 0 aliphatic carbocycles. The van der Waals surface area contributed by atoms with Crippen LogP contribution in [0.5, 0.6) is 11.5 Å². The van der Waals surface area contributed by atoms with Crippen LogP contribution < -0.4 is 9.39 Å². The molecule has 7 heteroatoms. The molecule has 2 N–H and O–H groups in total. The summed E-state index contributed by atoms with van der Waals surface area (Å²) in [6, 6.07) is 3.19. The van der Waals surface area contributed by atoms with E-state index in [1.165, 1.54) is 13.0 Å². The zero-order valence-corrected chi connectivity index (χ0v) is 10.4. The van der Waals surface area contributed by atoms with Gasteiger partial charge in [0.1, 0.15) is 23.7 Å². The zero-order chi connectivity index (χ0) is 14.0. The van der Waals surface area contributed by atoms with Gasteiger partial charge in [-0.2, -0.15) is 0 Å². The van der Waals surface area contributed by atoms with Crippen LogP contribution in [-0.2, 0) is 11.2 Å². The first-order valence-electron chi connectivity index (χ1n) is 5.85. The average Bonchev–Trinajstić information content (AvgIpc) is 2.34. The highest BCUT2D eigenvalue weighted by atomic mass is 16.5. The molecule has 0 aromatic heterocycles. The minimum absolute atomic E-state index is 0.0653. The predicted octanol–water partition coefficient (Wildman–Crippen LogP) is 0.768. The van der Waals surface area contributed by atoms with E-state index in [-0.39, 0.29) is 29.5 Å². The fourth-order valence-electron chi connectivity index (χ4n) is 1.92. The first-order valence-corrected chi connectivity index (χ1v) is 5.85. The molecule has 1 aromatic rings. The lowest BCUT2D eigenvalue weighted by atomic mass is 9.78. The Bertz CT molecular complexity index is 527. The highest BCUT2D eigenvalue weighted by Crippen LogP contribution is 2.36. The van der Waals surface area contributed by atoms with Gasteiger partial charge in [0.05, 0.1) is 0 Å². The molecule has 100 valence electrons. The van der Waals surface area contributed by atoms with Gasteiger partial charge in [-0.1, -0.05) is 6.07 Å². The summed E-state index contributed by atoms with van der Waals surface area (Å²) in [5, 5.41) is 18.7. The molecular formula is C12H13BO6. The van der Waals surface area contributed by atoms with E-state index in [1.807, 2.05) is 0 Å². The van der Waals surface area contributed by atoms with Gasteiger partial charge in [-0.05, 0) is 31.3 Å². The quantitative estimate of drug-likeness (QED) is 0.780. The van der Waals surface area contributed by atoms with E-state index in [0.717, 1.165) is 0 Å². The maximum Gasteiger partial charge on any atom is 0.522 e. The van der Waals surface area contributed by atoms with Crippen LogP contribution in [-0.4, -0.2) is 35.6 Å². The summed E-state index contributed by atoms with van der Waals surface area (Å²) in [4.78, 5) is 22.2. The molecule has 0 atom stereocenters. The summed E-state index contributed by atoms with van der Waals surface area (Å²) in [6.45, 7) is 1.14. The lowest BCUT2D eigenvalue weighted by Gasteiger charge is -2.22. The Labute approximate surface area is 110 Å². The van der Waals surface area contributed by atoms with Crippen LogP contribution >= 0.6 is 0 Å². The fraction of sp³-hybridized carbons (Fsp3) is 0.333. The van der Waals surface area contributed by atoms with Gasteiger partial charge in [-0.15, -0.1) is 0 Å². The van der Waals surface area contributed by atoms with E-state index in [1.54, 1.807) is 6.07 Å². The molecule has 19 heavy (non-hydrogen) atoms. The van der Waals surface area contributed by atoms with Gasteiger partial charge in [0.15, 0.2) is 5.78 Å². The SMILES string of the molecule is CC(=O)COc1ccc2c(c1C(=O)O)OB(O)CC2. The Morgan fingerprint density at radius 2 is 2.21 bits per heavy atom. The third kappa shape index (κ3) is 2.87. The molecule has 0 amide bonds. The molecule has 0 saturated carbocycles. The van der Waals surface area contributed by atoms with Crippen molar-refractivity contribution in [3.63, 3.8) is 0 Å². The summed E-state index contributed by atoms with van der Waals surface area (Å²) in [6.07, 6.45) is 0.948. The van der Waals surface area contributed by atoms with Crippen molar-refractivity contribution >= 4 is 18.9 Å². The third-order valence-electron chi connectivity index (χ3n) is 2.76. The van der Waals surface area contributed by atoms with Crippen molar-refractivity contribution in [1.82, 2.24) is 0 Å². The molecule has 0 spiro atoms. The Morgan fingerprint density at radius 1 is 1.47 bits per heavy atom. The van der Waals surface area contributed by atoms with Gasteiger partial charge >= 0.3 is 13.1 Å². The van der Waals surface area contributed by atoms with Crippen molar-refractivity contribution < 1.29 is 29.1 Å². The van der Waals surface area contributed by atoms with Crippen LogP contribution in [0.15, 0.2) is 12.1 Å². The predicted molar refractivity (Wildman–Crippen MR) is 66.7 cm³/mol. The summed E-state index contributed by atoms with van der Waals surface area (Å²) in [7, 11) is -1.02. The number of benzene rings is 1. The molecular weight excluding hydrogens is 251 g/mol. The van der Waals surface area contributed by atoms with Crippen LogP contribution in [0, 0.1) is 0 Å². The number of carboxylic acids is 1. The molecule has 1 aliphatic heterocycles. The van der Waals surface area contributed by atoms with Crippen molar-refractivity contribution in [2.75, 3.05) is 6.61 Å². The van der Waals surface area contributed by atoms with Gasteiger partial charge in [-0.3, -0.25) is 4.79 Å². The number of ketones is 1. The zero-order valence-electron chi connectivity index (χ0n) is 10.4. The molecule has 2 rings (SSSR count). The second-order valence-corrected chi connectivity index (χ2v) is 4.33. The van der Waals surface area contributed by atoms with Gasteiger partial charge in [0, 0.05) is 0 Å². The smallest absolute Gasteiger partial charge is 0.522 e. The minimum atomic E-state index is -1.22. The number of aromatic carboxylic acids is 1. The lowest BCUT2D eigenvalue weighted by Crippen LogP contribution is -2.28. The Kier molecular flexibility index (Phi) is 3.75. The Morgan fingerprint density at radius 3 is 2.84 bits per heavy atom. The van der Waals surface area contributed by atoms with E-state index in [4.69, 9.17) is 9.39 Å². The van der Waals surface area contributed by atoms with Crippen molar-refractivity contribution in [3.8, 4) is 11.5 Å². The monoisotopic (exact) mass is 264 g/mol. The highest BCUT2D eigenvalue weighted by molar-refractivity contribution is 6.44. The third-order valence-corrected chi connectivity index (χ3v) is 2.76. The molecule has 0 saturated heterocycles. The number of hydrogen-bond acceptors (Lipinski definition) is 5. The number of aryl methyl sites for hydroxylation is 1. The summed E-state index contributed by atoms with van der Waals surface area (Å²) >= 11 is 0. The van der Waals surface area contributed by atoms with Gasteiger partial charge in [0.2, 0.25) is 0 Å². The van der Waals surface area contributed by atoms with E-state index < -0.39 is 13.1 Å². The maximum absolute atomic E-state index is 11.3. The van der Waals surface area contributed by atoms with Crippen LogP contribution in [0.4, 0.5) is 0 Å². The number of hydrogen-bond donors (Lipinski definition) is 2. The van der Waals surface area contributed by atoms with Crippen molar-refractivity contribution in [2.45, 2.75) is 19.7 Å². The van der Waals surface area contributed by atoms with E-state index in [2.05, 4.69) is 0 Å². The van der Waals surface area contributed by atoms with E-state index in [9.17, 15) is 19.7 Å². The second-order valence-electron chi connectivity index (χ2n) is 4.33. The largest absolute Gasteiger partial charge is 0.535 e. The van der Waals surface area contributed by atoms with E-state index >= 15 is 0 Å². The van der Waals surface area contributed by atoms with Gasteiger partial charge in [-0.25, -0.2) is 4.79 Å². The lowest BCUT2D eigenvalue weighted by molar-refractivity contribution is -0.118. The number of carbonyl (C=O) groups is 2. The van der Waals surface area contributed by atoms with Crippen LogP contribution in [0.25, 0.3) is 0 Å². The van der Waals surface area contributed by atoms with Crippen LogP contribution in [0.1, 0.15) is 22.8 Å². The van der Waals surface area contributed by atoms with Gasteiger partial charge in [0.25, 0.3) is 0 Å². The topological polar surface area (TPSA) is 93.1 Å². The first-order chi connectivity index (χ1) is 8.99. The normalized spacial score (nSPS) is 13.5. The minimum Gasteiger partial charge on any atom is -0.535 e. The summed E-state index contributed by atoms with van der Waals surface area (Å²) in [5.74, 6) is -1.25. The van der Waals surface area contributed by atoms with Crippen molar-refractivity contribution in [1.29, 1.82) is 0 Å². The van der Waals surface area contributed by atoms with Crippen LogP contribution in [0.2, 0.25) is 6.32 Å². The number of rotatable bonds is 4. The molecule has 1 heterocycles. The molecule has 6 nitrogen and oxygen atoms in total. The number of ether oxygens (including phenoxy) is 1. The number of carboxylic acid groups (broad SMARTS) is 1. The second kappa shape index (κ2) is 5.32. The number of fused-ring (bicyclic) bond motifs is 1.